The number of methoxy groups -OCH3 is 1. The summed E-state index contributed by atoms with van der Waals surface area (Å²) in [4.78, 5) is 55.0. The Kier molecular flexibility index (Phi) is 5.70. The van der Waals surface area contributed by atoms with Crippen molar-refractivity contribution in [3.8, 4) is 11.6 Å². The molecule has 1 N–H and O–H groups in total. The molecule has 11 heteroatoms. The van der Waals surface area contributed by atoms with E-state index in [4.69, 9.17) is 4.74 Å². The van der Waals surface area contributed by atoms with Gasteiger partial charge in [-0.15, -0.1) is 0 Å². The highest BCUT2D eigenvalue weighted by Crippen LogP contribution is 2.40. The zero-order chi connectivity index (χ0) is 26.4. The van der Waals surface area contributed by atoms with Crippen LogP contribution in [-0.4, -0.2) is 85.4 Å². The van der Waals surface area contributed by atoms with Crippen LogP contribution < -0.4 is 4.74 Å². The van der Waals surface area contributed by atoms with Gasteiger partial charge in [0.1, 0.15) is 17.9 Å². The molecule has 194 valence electrons. The Morgan fingerprint density at radius 1 is 1.03 bits per heavy atom. The van der Waals surface area contributed by atoms with Gasteiger partial charge in [0.25, 0.3) is 17.6 Å². The summed E-state index contributed by atoms with van der Waals surface area (Å²) in [6.45, 7) is 3.90. The number of likely N-dealkylation sites (tertiary alicyclic amines) is 2. The molecule has 2 saturated heterocycles. The van der Waals surface area contributed by atoms with Crippen LogP contribution in [0.4, 0.5) is 0 Å². The number of rotatable bonds is 5. The quantitative estimate of drug-likeness (QED) is 0.321. The topological polar surface area (TPSA) is 126 Å². The first-order chi connectivity index (χ1) is 18.4. The van der Waals surface area contributed by atoms with Crippen LogP contribution in [-0.2, 0) is 4.79 Å². The van der Waals surface area contributed by atoms with E-state index >= 15 is 0 Å². The number of aryl methyl sites for hydroxylation is 1. The third-order valence-electron chi connectivity index (χ3n) is 7.61. The monoisotopic (exact) mass is 513 g/mol. The number of aromatic amines is 1. The standard InChI is InChI=1S/C27H27N7O4/c1-17-30-16-34(31-17)24-22-21(20(38-2)13-29-24)19(12-28-22)23(35)26(37)33-11-9-27(15-33)8-10-32(14-27)25(36)18-6-4-3-5-7-18/h3-7,12-13,16,28H,8-11,14-15H2,1-2H3. The summed E-state index contributed by atoms with van der Waals surface area (Å²) in [5.74, 6) is 0.221. The molecule has 0 radical (unpaired) electrons. The second-order valence-electron chi connectivity index (χ2n) is 9.99. The van der Waals surface area contributed by atoms with Gasteiger partial charge in [0.2, 0.25) is 0 Å². The number of carbonyl (C=O) groups is 3. The first-order valence-electron chi connectivity index (χ1n) is 12.5. The molecule has 11 nitrogen and oxygen atoms in total. The van der Waals surface area contributed by atoms with Gasteiger partial charge in [-0.25, -0.2) is 14.6 Å². The predicted molar refractivity (Wildman–Crippen MR) is 137 cm³/mol. The minimum Gasteiger partial charge on any atom is -0.494 e. The Hall–Kier alpha value is -4.54. The van der Waals surface area contributed by atoms with E-state index in [1.165, 1.54) is 30.5 Å². The number of fused-ring (bicyclic) bond motifs is 1. The molecule has 1 aromatic carbocycles. The van der Waals surface area contributed by atoms with Crippen LogP contribution in [0.25, 0.3) is 16.7 Å². The number of ether oxygens (including phenoxy) is 1. The lowest BCUT2D eigenvalue weighted by Gasteiger charge is -2.24. The number of ketones is 1. The Labute approximate surface area is 218 Å². The number of Topliss-reactive ketones (excluding diaryl/α,β-unsaturated/α-hetero) is 1. The molecule has 1 atom stereocenters. The van der Waals surface area contributed by atoms with Crippen molar-refractivity contribution < 1.29 is 19.1 Å². The molecule has 1 unspecified atom stereocenters. The first-order valence-corrected chi connectivity index (χ1v) is 12.5. The third kappa shape index (κ3) is 3.90. The minimum atomic E-state index is -0.617. The number of aromatic nitrogens is 5. The van der Waals surface area contributed by atoms with E-state index in [1.54, 1.807) is 11.8 Å². The first kappa shape index (κ1) is 23.8. The molecular formula is C27H27N7O4. The van der Waals surface area contributed by atoms with Crippen molar-refractivity contribution in [3.63, 3.8) is 0 Å². The lowest BCUT2D eigenvalue weighted by atomic mass is 9.86. The molecule has 2 fully saturated rings. The molecule has 2 amide bonds. The van der Waals surface area contributed by atoms with Crippen molar-refractivity contribution >= 4 is 28.5 Å². The predicted octanol–water partition coefficient (Wildman–Crippen LogP) is 2.41. The number of H-pyrrole nitrogens is 1. The summed E-state index contributed by atoms with van der Waals surface area (Å²) in [7, 11) is 1.49. The van der Waals surface area contributed by atoms with E-state index in [9.17, 15) is 14.4 Å². The lowest BCUT2D eigenvalue weighted by Crippen LogP contribution is -2.38. The smallest absolute Gasteiger partial charge is 0.295 e. The van der Waals surface area contributed by atoms with Crippen molar-refractivity contribution in [2.45, 2.75) is 19.8 Å². The maximum absolute atomic E-state index is 13.5. The van der Waals surface area contributed by atoms with Crippen molar-refractivity contribution in [1.82, 2.24) is 34.5 Å². The van der Waals surface area contributed by atoms with Gasteiger partial charge in [-0.05, 0) is 31.9 Å². The average molecular weight is 514 g/mol. The molecule has 2 aliphatic heterocycles. The maximum Gasteiger partial charge on any atom is 0.295 e. The maximum atomic E-state index is 13.5. The van der Waals surface area contributed by atoms with E-state index in [0.717, 1.165) is 12.8 Å². The Morgan fingerprint density at radius 2 is 1.76 bits per heavy atom. The fraction of sp³-hybridized carbons (Fsp3) is 0.333. The number of pyridine rings is 1. The molecule has 38 heavy (non-hydrogen) atoms. The van der Waals surface area contributed by atoms with Crippen LogP contribution >= 0.6 is 0 Å². The number of nitrogens with zero attached hydrogens (tertiary/aromatic N) is 6. The fourth-order valence-electron chi connectivity index (χ4n) is 5.63. The van der Waals surface area contributed by atoms with Crippen molar-refractivity contribution in [3.05, 3.63) is 66.0 Å². The second kappa shape index (κ2) is 9.09. The van der Waals surface area contributed by atoms with Crippen LogP contribution in [0.3, 0.4) is 0 Å². The van der Waals surface area contributed by atoms with Gasteiger partial charge in [0.05, 0.1) is 29.8 Å². The van der Waals surface area contributed by atoms with Crippen LogP contribution in [0, 0.1) is 12.3 Å². The van der Waals surface area contributed by atoms with Gasteiger partial charge in [-0.3, -0.25) is 14.4 Å². The average Bonchev–Trinajstić information content (AvgIpc) is 3.75. The Balaban J connectivity index is 1.22. The van der Waals surface area contributed by atoms with E-state index in [2.05, 4.69) is 20.1 Å². The lowest BCUT2D eigenvalue weighted by molar-refractivity contribution is -0.125. The second-order valence-corrected chi connectivity index (χ2v) is 9.99. The Bertz CT molecular complexity index is 1560. The number of nitrogens with one attached hydrogen (secondary N) is 1. The summed E-state index contributed by atoms with van der Waals surface area (Å²) in [5, 5.41) is 4.78. The number of carbonyl (C=O) groups excluding carboxylic acids is 3. The van der Waals surface area contributed by atoms with E-state index < -0.39 is 11.7 Å². The third-order valence-corrected chi connectivity index (χ3v) is 7.61. The van der Waals surface area contributed by atoms with Crippen LogP contribution in [0.1, 0.15) is 39.4 Å². The van der Waals surface area contributed by atoms with Gasteiger partial charge < -0.3 is 19.5 Å². The van der Waals surface area contributed by atoms with Gasteiger partial charge >= 0.3 is 0 Å². The summed E-state index contributed by atoms with van der Waals surface area (Å²) in [6, 6.07) is 9.22. The molecule has 3 aromatic heterocycles. The van der Waals surface area contributed by atoms with Crippen LogP contribution in [0.15, 0.2) is 49.1 Å². The van der Waals surface area contributed by atoms with Gasteiger partial charge in [0, 0.05) is 43.4 Å². The minimum absolute atomic E-state index is 0.00112. The van der Waals surface area contributed by atoms with Crippen molar-refractivity contribution in [2.24, 2.45) is 5.41 Å². The highest BCUT2D eigenvalue weighted by molar-refractivity contribution is 6.45. The molecular weight excluding hydrogens is 486 g/mol. The highest BCUT2D eigenvalue weighted by atomic mass is 16.5. The largest absolute Gasteiger partial charge is 0.494 e. The normalized spacial score (nSPS) is 19.0. The van der Waals surface area contributed by atoms with Gasteiger partial charge in [-0.1, -0.05) is 18.2 Å². The molecule has 0 aliphatic carbocycles. The van der Waals surface area contributed by atoms with E-state index in [0.29, 0.717) is 60.0 Å². The highest BCUT2D eigenvalue weighted by Gasteiger charge is 2.47. The number of amides is 2. The number of benzene rings is 1. The van der Waals surface area contributed by atoms with Crippen LogP contribution in [0.2, 0.25) is 0 Å². The van der Waals surface area contributed by atoms with E-state index in [-0.39, 0.29) is 16.9 Å². The van der Waals surface area contributed by atoms with Crippen LogP contribution in [0.5, 0.6) is 5.75 Å². The molecule has 4 aromatic rings. The number of hydrogen-bond donors (Lipinski definition) is 1. The van der Waals surface area contributed by atoms with Gasteiger partial charge in [0.15, 0.2) is 5.82 Å². The molecule has 0 bridgehead atoms. The van der Waals surface area contributed by atoms with Gasteiger partial charge in [-0.2, -0.15) is 5.10 Å². The SMILES string of the molecule is COc1cnc(-n2cnc(C)n2)c2[nH]cc(C(=O)C(=O)N3CCC4(CCN(C(=O)c5ccccc5)C4)C3)c12. The molecule has 5 heterocycles. The fourth-order valence-corrected chi connectivity index (χ4v) is 5.63. The summed E-state index contributed by atoms with van der Waals surface area (Å²) in [6.07, 6.45) is 6.11. The summed E-state index contributed by atoms with van der Waals surface area (Å²) < 4.78 is 6.99. The molecule has 2 aliphatic rings. The zero-order valence-corrected chi connectivity index (χ0v) is 21.2. The van der Waals surface area contributed by atoms with E-state index in [1.807, 2.05) is 35.2 Å². The Morgan fingerprint density at radius 3 is 2.47 bits per heavy atom. The van der Waals surface area contributed by atoms with Crippen molar-refractivity contribution in [1.29, 1.82) is 0 Å². The number of hydrogen-bond acceptors (Lipinski definition) is 7. The summed E-state index contributed by atoms with van der Waals surface area (Å²) >= 11 is 0. The molecule has 6 rings (SSSR count). The molecule has 1 spiro atoms. The zero-order valence-electron chi connectivity index (χ0n) is 21.2. The molecule has 0 saturated carbocycles. The summed E-state index contributed by atoms with van der Waals surface area (Å²) in [5.41, 5.74) is 1.21. The van der Waals surface area contributed by atoms with Crippen molar-refractivity contribution in [2.75, 3.05) is 33.3 Å².